The maximum Gasteiger partial charge on any atom is 0.335 e. The molecule has 0 aromatic heterocycles. The highest BCUT2D eigenvalue weighted by molar-refractivity contribution is 7.92. The summed E-state index contributed by atoms with van der Waals surface area (Å²) < 4.78 is 28.2. The van der Waals surface area contributed by atoms with E-state index in [-0.39, 0.29) is 16.0 Å². The van der Waals surface area contributed by atoms with Gasteiger partial charge in [0.2, 0.25) is 0 Å². The van der Waals surface area contributed by atoms with Gasteiger partial charge in [-0.3, -0.25) is 4.72 Å². The number of nitriles is 1. The van der Waals surface area contributed by atoms with E-state index in [1.807, 2.05) is 6.07 Å². The monoisotopic (exact) mass is 406 g/mol. The number of anilines is 1. The summed E-state index contributed by atoms with van der Waals surface area (Å²) >= 11 is 0. The number of rotatable bonds is 7. The Bertz CT molecular complexity index is 1200. The van der Waals surface area contributed by atoms with Crippen LogP contribution in [0.25, 0.3) is 0 Å². The first-order valence-corrected chi connectivity index (χ1v) is 10.3. The van der Waals surface area contributed by atoms with Gasteiger partial charge in [0.25, 0.3) is 10.0 Å². The second kappa shape index (κ2) is 8.59. The largest absolute Gasteiger partial charge is 0.478 e. The third-order valence-electron chi connectivity index (χ3n) is 4.47. The number of nitrogens with one attached hydrogen (secondary N) is 1. The summed E-state index contributed by atoms with van der Waals surface area (Å²) in [5.74, 6) is -0.998. The molecule has 7 heteroatoms. The number of aryl methyl sites for hydroxylation is 2. The summed E-state index contributed by atoms with van der Waals surface area (Å²) in [6.45, 7) is 0. The number of aromatic carboxylic acids is 1. The lowest BCUT2D eigenvalue weighted by Gasteiger charge is -2.14. The Morgan fingerprint density at radius 2 is 1.48 bits per heavy atom. The summed E-state index contributed by atoms with van der Waals surface area (Å²) in [6, 6.07) is 21.6. The van der Waals surface area contributed by atoms with E-state index in [1.54, 1.807) is 60.7 Å². The minimum absolute atomic E-state index is 0.0628. The van der Waals surface area contributed by atoms with Crippen LogP contribution in [0.15, 0.2) is 77.7 Å². The molecule has 0 saturated carbocycles. The van der Waals surface area contributed by atoms with Crippen LogP contribution >= 0.6 is 0 Å². The summed E-state index contributed by atoms with van der Waals surface area (Å²) in [5, 5.41) is 18.5. The number of nitrogens with zero attached hydrogens (tertiary/aromatic N) is 1. The molecule has 0 heterocycles. The molecule has 3 rings (SSSR count). The molecule has 3 aromatic rings. The Labute approximate surface area is 169 Å². The SMILES string of the molecule is N#Cc1ccccc1S(=O)(=O)Nc1ccccc1CCc1ccccc1C(=O)O. The molecule has 29 heavy (non-hydrogen) atoms. The topological polar surface area (TPSA) is 107 Å². The van der Waals surface area contributed by atoms with Crippen LogP contribution in [0.2, 0.25) is 0 Å². The lowest BCUT2D eigenvalue weighted by Crippen LogP contribution is -2.15. The van der Waals surface area contributed by atoms with Crippen molar-refractivity contribution < 1.29 is 18.3 Å². The Kier molecular flexibility index (Phi) is 5.96. The number of carboxylic acids is 1. The molecule has 146 valence electrons. The molecule has 2 N–H and O–H groups in total. The predicted octanol–water partition coefficient (Wildman–Crippen LogP) is 3.84. The molecule has 0 amide bonds. The van der Waals surface area contributed by atoms with E-state index in [2.05, 4.69) is 4.72 Å². The van der Waals surface area contributed by atoms with E-state index in [0.717, 1.165) is 5.56 Å². The van der Waals surface area contributed by atoms with Crippen molar-refractivity contribution in [3.05, 3.63) is 95.1 Å². The zero-order valence-electron chi connectivity index (χ0n) is 15.4. The van der Waals surface area contributed by atoms with Gasteiger partial charge in [-0.2, -0.15) is 5.26 Å². The van der Waals surface area contributed by atoms with Crippen LogP contribution in [0.1, 0.15) is 27.0 Å². The van der Waals surface area contributed by atoms with Crippen LogP contribution in [0.5, 0.6) is 0 Å². The van der Waals surface area contributed by atoms with Crippen molar-refractivity contribution in [1.29, 1.82) is 5.26 Å². The number of para-hydroxylation sites is 1. The molecule has 0 unspecified atom stereocenters. The Morgan fingerprint density at radius 1 is 0.897 bits per heavy atom. The van der Waals surface area contributed by atoms with Gasteiger partial charge in [0.1, 0.15) is 11.0 Å². The Hall–Kier alpha value is -3.63. The van der Waals surface area contributed by atoms with Crippen LogP contribution < -0.4 is 4.72 Å². The molecule has 0 saturated heterocycles. The average Bonchev–Trinajstić information content (AvgIpc) is 2.73. The summed E-state index contributed by atoms with van der Waals surface area (Å²) in [6.07, 6.45) is 0.888. The molecular weight excluding hydrogens is 388 g/mol. The van der Waals surface area contributed by atoms with Crippen LogP contribution in [0, 0.1) is 11.3 Å². The lowest BCUT2D eigenvalue weighted by atomic mass is 9.99. The van der Waals surface area contributed by atoms with Gasteiger partial charge in [-0.15, -0.1) is 0 Å². The molecule has 0 radical (unpaired) electrons. The average molecular weight is 406 g/mol. The van der Waals surface area contributed by atoms with Crippen LogP contribution in [0.4, 0.5) is 5.69 Å². The standard InChI is InChI=1S/C22H18N2O4S/c23-15-18-9-3-6-12-21(18)29(27,28)24-20-11-5-2-8-17(20)14-13-16-7-1-4-10-19(16)22(25)26/h1-12,24H,13-14H2,(H,25,26). The molecule has 3 aromatic carbocycles. The van der Waals surface area contributed by atoms with E-state index < -0.39 is 16.0 Å². The van der Waals surface area contributed by atoms with Gasteiger partial charge in [0.05, 0.1) is 16.8 Å². The van der Waals surface area contributed by atoms with Gasteiger partial charge in [0.15, 0.2) is 0 Å². The van der Waals surface area contributed by atoms with Crippen molar-refractivity contribution in [1.82, 2.24) is 0 Å². The van der Waals surface area contributed by atoms with Crippen LogP contribution in [-0.4, -0.2) is 19.5 Å². The molecule has 0 atom stereocenters. The molecule has 6 nitrogen and oxygen atoms in total. The van der Waals surface area contributed by atoms with Gasteiger partial charge in [-0.1, -0.05) is 48.5 Å². The number of benzene rings is 3. The minimum atomic E-state index is -3.95. The number of sulfonamides is 1. The van der Waals surface area contributed by atoms with Crippen molar-refractivity contribution >= 4 is 21.7 Å². The molecular formula is C22H18N2O4S. The van der Waals surface area contributed by atoms with Gasteiger partial charge >= 0.3 is 5.97 Å². The fraction of sp³-hybridized carbons (Fsp3) is 0.0909. The third-order valence-corrected chi connectivity index (χ3v) is 5.89. The first-order valence-electron chi connectivity index (χ1n) is 8.83. The maximum absolute atomic E-state index is 12.8. The fourth-order valence-corrected chi connectivity index (χ4v) is 4.31. The molecule has 0 bridgehead atoms. The summed E-state index contributed by atoms with van der Waals surface area (Å²) in [4.78, 5) is 11.3. The van der Waals surface area contributed by atoms with Crippen LogP contribution in [-0.2, 0) is 22.9 Å². The third kappa shape index (κ3) is 4.62. The van der Waals surface area contributed by atoms with Gasteiger partial charge in [-0.25, -0.2) is 13.2 Å². The smallest absolute Gasteiger partial charge is 0.335 e. The Morgan fingerprint density at radius 3 is 2.21 bits per heavy atom. The normalized spacial score (nSPS) is 10.9. The molecule has 0 aliphatic rings. The van der Waals surface area contributed by atoms with Crippen molar-refractivity contribution in [2.24, 2.45) is 0 Å². The zero-order valence-corrected chi connectivity index (χ0v) is 16.2. The van der Waals surface area contributed by atoms with Crippen molar-refractivity contribution in [3.8, 4) is 6.07 Å². The highest BCUT2D eigenvalue weighted by Gasteiger charge is 2.19. The first-order chi connectivity index (χ1) is 13.9. The van der Waals surface area contributed by atoms with Crippen LogP contribution in [0.3, 0.4) is 0 Å². The van der Waals surface area contributed by atoms with E-state index in [4.69, 9.17) is 0 Å². The Balaban J connectivity index is 1.87. The van der Waals surface area contributed by atoms with Gasteiger partial charge in [-0.05, 0) is 48.2 Å². The van der Waals surface area contributed by atoms with Gasteiger partial charge < -0.3 is 5.11 Å². The van der Waals surface area contributed by atoms with Crippen molar-refractivity contribution in [2.75, 3.05) is 4.72 Å². The van der Waals surface area contributed by atoms with Crippen molar-refractivity contribution in [2.45, 2.75) is 17.7 Å². The second-order valence-corrected chi connectivity index (χ2v) is 7.98. The summed E-state index contributed by atoms with van der Waals surface area (Å²) in [5.41, 5.74) is 2.09. The second-order valence-electron chi connectivity index (χ2n) is 6.33. The van der Waals surface area contributed by atoms with E-state index in [9.17, 15) is 23.6 Å². The highest BCUT2D eigenvalue weighted by Crippen LogP contribution is 2.24. The maximum atomic E-state index is 12.8. The quantitative estimate of drug-likeness (QED) is 0.620. The number of carboxylic acid groups (broad SMARTS) is 1. The molecule has 0 aliphatic heterocycles. The summed E-state index contributed by atoms with van der Waals surface area (Å²) in [7, 11) is -3.95. The molecule has 0 fully saturated rings. The highest BCUT2D eigenvalue weighted by atomic mass is 32.2. The fourth-order valence-electron chi connectivity index (χ4n) is 3.05. The minimum Gasteiger partial charge on any atom is -0.478 e. The van der Waals surface area contributed by atoms with E-state index >= 15 is 0 Å². The van der Waals surface area contributed by atoms with Crippen molar-refractivity contribution in [3.63, 3.8) is 0 Å². The zero-order chi connectivity index (χ0) is 20.9. The van der Waals surface area contributed by atoms with Gasteiger partial charge in [0, 0.05) is 0 Å². The lowest BCUT2D eigenvalue weighted by molar-refractivity contribution is 0.0695. The molecule has 0 aliphatic carbocycles. The number of carbonyl (C=O) groups is 1. The first kappa shape index (κ1) is 20.1. The predicted molar refractivity (Wildman–Crippen MR) is 109 cm³/mol. The number of hydrogen-bond acceptors (Lipinski definition) is 4. The molecule has 0 spiro atoms. The van der Waals surface area contributed by atoms with E-state index in [0.29, 0.717) is 24.1 Å². The number of hydrogen-bond donors (Lipinski definition) is 2. The van der Waals surface area contributed by atoms with E-state index in [1.165, 1.54) is 12.1 Å².